The quantitative estimate of drug-likeness (QED) is 0.853. The Morgan fingerprint density at radius 3 is 3.05 bits per heavy atom. The molecule has 0 N–H and O–H groups in total. The number of carbonyl (C=O) groups excluding carboxylic acids is 1. The minimum atomic E-state index is 0.195. The van der Waals surface area contributed by atoms with Gasteiger partial charge in [-0.2, -0.15) is 8.75 Å². The molecule has 1 amide bonds. The van der Waals surface area contributed by atoms with Crippen LogP contribution in [0.4, 0.5) is 0 Å². The Bertz CT molecular complexity index is 678. The van der Waals surface area contributed by atoms with Crippen molar-refractivity contribution in [3.63, 3.8) is 0 Å². The normalized spacial score (nSPS) is 26.1. The van der Waals surface area contributed by atoms with Crippen LogP contribution in [0.1, 0.15) is 24.8 Å². The summed E-state index contributed by atoms with van der Waals surface area (Å²) in [5.74, 6) is 0.254. The molecule has 2 aliphatic heterocycles. The number of nitrogens with zero attached hydrogens (tertiary/aromatic N) is 3. The van der Waals surface area contributed by atoms with E-state index in [1.54, 1.807) is 0 Å². The van der Waals surface area contributed by atoms with Gasteiger partial charge in [-0.3, -0.25) is 4.79 Å². The van der Waals surface area contributed by atoms with E-state index in [2.05, 4.69) is 8.75 Å². The minimum Gasteiger partial charge on any atom is -0.381 e. The van der Waals surface area contributed by atoms with Crippen LogP contribution < -0.4 is 0 Å². The van der Waals surface area contributed by atoms with Crippen molar-refractivity contribution in [1.29, 1.82) is 0 Å². The molecule has 3 heterocycles. The van der Waals surface area contributed by atoms with Crippen molar-refractivity contribution in [3.05, 3.63) is 23.8 Å². The zero-order valence-corrected chi connectivity index (χ0v) is 12.6. The molecule has 110 valence electrons. The van der Waals surface area contributed by atoms with Crippen molar-refractivity contribution < 1.29 is 9.53 Å². The number of piperidine rings is 1. The van der Waals surface area contributed by atoms with Crippen LogP contribution in [-0.4, -0.2) is 39.3 Å². The maximum atomic E-state index is 12.2. The highest BCUT2D eigenvalue weighted by Gasteiger charge is 2.41. The van der Waals surface area contributed by atoms with Crippen molar-refractivity contribution in [1.82, 2.24) is 13.6 Å². The maximum Gasteiger partial charge on any atom is 0.222 e. The van der Waals surface area contributed by atoms with Crippen molar-refractivity contribution in [3.8, 4) is 0 Å². The fraction of sp³-hybridized carbons (Fsp3) is 0.533. The molecule has 2 saturated heterocycles. The molecule has 2 aromatic rings. The summed E-state index contributed by atoms with van der Waals surface area (Å²) in [5, 5.41) is 0. The van der Waals surface area contributed by atoms with Crippen LogP contribution in [0.5, 0.6) is 0 Å². The SMILES string of the molecule is O=C1CC[C@@]2(CCOC2)CN1Cc1ccc2nsnc2c1. The molecular formula is C15H17N3O2S. The highest BCUT2D eigenvalue weighted by atomic mass is 32.1. The first-order chi connectivity index (χ1) is 10.2. The monoisotopic (exact) mass is 303 g/mol. The van der Waals surface area contributed by atoms with Crippen molar-refractivity contribution in [2.45, 2.75) is 25.8 Å². The number of amides is 1. The molecule has 1 aromatic carbocycles. The van der Waals surface area contributed by atoms with Gasteiger partial charge in [-0.15, -0.1) is 0 Å². The number of hydrogen-bond donors (Lipinski definition) is 0. The third-order valence-corrected chi connectivity index (χ3v) is 5.18. The second-order valence-electron chi connectivity index (χ2n) is 6.14. The van der Waals surface area contributed by atoms with Gasteiger partial charge in [0.15, 0.2) is 0 Å². The Balaban J connectivity index is 1.55. The van der Waals surface area contributed by atoms with Crippen molar-refractivity contribution in [2.24, 2.45) is 5.41 Å². The van der Waals surface area contributed by atoms with E-state index >= 15 is 0 Å². The standard InChI is InChI=1S/C15H17N3O2S/c19-14-3-4-15(5-6-20-10-15)9-18(14)8-11-1-2-12-13(7-11)17-21-16-12/h1-2,7H,3-6,8-10H2/t15-/m1/s1. The van der Waals surface area contributed by atoms with Gasteiger partial charge < -0.3 is 9.64 Å². The van der Waals surface area contributed by atoms with Crippen LogP contribution in [0, 0.1) is 5.41 Å². The van der Waals surface area contributed by atoms with Crippen molar-refractivity contribution in [2.75, 3.05) is 19.8 Å². The highest BCUT2D eigenvalue weighted by Crippen LogP contribution is 2.38. The lowest BCUT2D eigenvalue weighted by atomic mass is 9.79. The highest BCUT2D eigenvalue weighted by molar-refractivity contribution is 7.00. The topological polar surface area (TPSA) is 55.3 Å². The summed E-state index contributed by atoms with van der Waals surface area (Å²) in [5.41, 5.74) is 3.16. The number of ether oxygens (including phenoxy) is 1. The Morgan fingerprint density at radius 1 is 1.29 bits per heavy atom. The molecule has 5 nitrogen and oxygen atoms in total. The fourth-order valence-electron chi connectivity index (χ4n) is 3.36. The second kappa shape index (κ2) is 5.03. The zero-order chi connectivity index (χ0) is 14.3. The van der Waals surface area contributed by atoms with Gasteiger partial charge in [0.1, 0.15) is 11.0 Å². The third-order valence-electron chi connectivity index (χ3n) is 4.62. The van der Waals surface area contributed by atoms with Gasteiger partial charge in [0.2, 0.25) is 5.91 Å². The Kier molecular flexibility index (Phi) is 3.15. The third kappa shape index (κ3) is 2.42. The number of likely N-dealkylation sites (tertiary alicyclic amines) is 1. The number of aromatic nitrogens is 2. The Morgan fingerprint density at radius 2 is 2.19 bits per heavy atom. The summed E-state index contributed by atoms with van der Waals surface area (Å²) >= 11 is 1.23. The van der Waals surface area contributed by atoms with Crippen LogP contribution in [0.3, 0.4) is 0 Å². The summed E-state index contributed by atoms with van der Waals surface area (Å²) in [6.07, 6.45) is 2.69. The molecule has 0 saturated carbocycles. The fourth-order valence-corrected chi connectivity index (χ4v) is 3.88. The molecule has 0 bridgehead atoms. The van der Waals surface area contributed by atoms with E-state index < -0.39 is 0 Å². The van der Waals surface area contributed by atoms with E-state index in [0.29, 0.717) is 13.0 Å². The molecular weight excluding hydrogens is 286 g/mol. The average molecular weight is 303 g/mol. The molecule has 4 rings (SSSR count). The van der Waals surface area contributed by atoms with Gasteiger partial charge in [-0.05, 0) is 30.5 Å². The number of fused-ring (bicyclic) bond motifs is 1. The number of benzene rings is 1. The first-order valence-electron chi connectivity index (χ1n) is 7.31. The van der Waals surface area contributed by atoms with Gasteiger partial charge in [0, 0.05) is 31.5 Å². The summed E-state index contributed by atoms with van der Waals surface area (Å²) < 4.78 is 14.0. The summed E-state index contributed by atoms with van der Waals surface area (Å²) in [6, 6.07) is 6.07. The van der Waals surface area contributed by atoms with Gasteiger partial charge in [0.05, 0.1) is 18.3 Å². The van der Waals surface area contributed by atoms with E-state index in [-0.39, 0.29) is 11.3 Å². The van der Waals surface area contributed by atoms with E-state index in [0.717, 1.165) is 49.2 Å². The van der Waals surface area contributed by atoms with E-state index in [1.807, 2.05) is 23.1 Å². The summed E-state index contributed by atoms with van der Waals surface area (Å²) in [7, 11) is 0. The van der Waals surface area contributed by atoms with E-state index in [1.165, 1.54) is 11.7 Å². The molecule has 0 radical (unpaired) electrons. The Hall–Kier alpha value is -1.53. The van der Waals surface area contributed by atoms with E-state index in [9.17, 15) is 4.79 Å². The van der Waals surface area contributed by atoms with Gasteiger partial charge in [-0.1, -0.05) is 6.07 Å². The molecule has 1 spiro atoms. The summed E-state index contributed by atoms with van der Waals surface area (Å²) in [4.78, 5) is 14.2. The van der Waals surface area contributed by atoms with E-state index in [4.69, 9.17) is 4.74 Å². The lowest BCUT2D eigenvalue weighted by Gasteiger charge is -2.39. The van der Waals surface area contributed by atoms with Crippen LogP contribution in [-0.2, 0) is 16.1 Å². The lowest BCUT2D eigenvalue weighted by Crippen LogP contribution is -2.46. The first-order valence-corrected chi connectivity index (χ1v) is 8.04. The number of rotatable bonds is 2. The van der Waals surface area contributed by atoms with Gasteiger partial charge in [-0.25, -0.2) is 0 Å². The maximum absolute atomic E-state index is 12.2. The lowest BCUT2D eigenvalue weighted by molar-refractivity contribution is -0.138. The smallest absolute Gasteiger partial charge is 0.222 e. The van der Waals surface area contributed by atoms with Crippen LogP contribution in [0.15, 0.2) is 18.2 Å². The molecule has 2 fully saturated rings. The molecule has 0 unspecified atom stereocenters. The first kappa shape index (κ1) is 13.2. The van der Waals surface area contributed by atoms with Gasteiger partial charge >= 0.3 is 0 Å². The minimum absolute atomic E-state index is 0.195. The van der Waals surface area contributed by atoms with Crippen LogP contribution in [0.2, 0.25) is 0 Å². The predicted molar refractivity (Wildman–Crippen MR) is 79.9 cm³/mol. The molecule has 21 heavy (non-hydrogen) atoms. The molecule has 1 atom stereocenters. The summed E-state index contributed by atoms with van der Waals surface area (Å²) in [6.45, 7) is 3.11. The zero-order valence-electron chi connectivity index (χ0n) is 11.7. The van der Waals surface area contributed by atoms with Gasteiger partial charge in [0.25, 0.3) is 0 Å². The number of hydrogen-bond acceptors (Lipinski definition) is 5. The largest absolute Gasteiger partial charge is 0.381 e. The van der Waals surface area contributed by atoms with Crippen molar-refractivity contribution >= 4 is 28.7 Å². The van der Waals surface area contributed by atoms with Crippen LogP contribution in [0.25, 0.3) is 11.0 Å². The molecule has 0 aliphatic carbocycles. The Labute approximate surface area is 127 Å². The van der Waals surface area contributed by atoms with Crippen LogP contribution >= 0.6 is 11.7 Å². The predicted octanol–water partition coefficient (Wildman–Crippen LogP) is 2.22. The molecule has 6 heteroatoms. The molecule has 1 aromatic heterocycles. The average Bonchev–Trinajstić information content (AvgIpc) is 3.12. The number of carbonyl (C=O) groups is 1. The second-order valence-corrected chi connectivity index (χ2v) is 6.67. The molecule has 2 aliphatic rings.